The molecule has 0 aromatic heterocycles. The van der Waals surface area contributed by atoms with Gasteiger partial charge in [0.2, 0.25) is 0 Å². The predicted molar refractivity (Wildman–Crippen MR) is 109 cm³/mol. The molecule has 1 aliphatic carbocycles. The predicted octanol–water partition coefficient (Wildman–Crippen LogP) is 5.62. The van der Waals surface area contributed by atoms with Crippen molar-refractivity contribution < 1.29 is 27.5 Å². The van der Waals surface area contributed by atoms with Gasteiger partial charge in [-0.05, 0) is 59.7 Å². The van der Waals surface area contributed by atoms with Crippen molar-refractivity contribution >= 4 is 23.2 Å². The van der Waals surface area contributed by atoms with E-state index in [9.17, 15) is 22.8 Å². The Kier molecular flexibility index (Phi) is 4.79. The highest BCUT2D eigenvalue weighted by molar-refractivity contribution is 6.31. The van der Waals surface area contributed by atoms with Crippen molar-refractivity contribution in [2.75, 3.05) is 0 Å². The first-order valence-corrected chi connectivity index (χ1v) is 10.8. The summed E-state index contributed by atoms with van der Waals surface area (Å²) in [6.45, 7) is 1.93. The van der Waals surface area contributed by atoms with E-state index in [0.717, 1.165) is 24.5 Å². The zero-order chi connectivity index (χ0) is 22.1. The first-order chi connectivity index (χ1) is 14.7. The number of fused-ring (bicyclic) bond motifs is 5. The third-order valence-electron chi connectivity index (χ3n) is 6.94. The van der Waals surface area contributed by atoms with Gasteiger partial charge in [-0.15, -0.1) is 0 Å². The molecule has 31 heavy (non-hydrogen) atoms. The van der Waals surface area contributed by atoms with E-state index < -0.39 is 29.5 Å². The lowest BCUT2D eigenvalue weighted by atomic mass is 9.81. The van der Waals surface area contributed by atoms with Crippen LogP contribution in [-0.2, 0) is 26.9 Å². The number of ether oxygens (including phenoxy) is 1. The minimum atomic E-state index is -4.58. The minimum Gasteiger partial charge on any atom is -0.373 e. The van der Waals surface area contributed by atoms with E-state index >= 15 is 0 Å². The zero-order valence-electron chi connectivity index (χ0n) is 16.7. The summed E-state index contributed by atoms with van der Waals surface area (Å²) in [6.07, 6.45) is -2.75. The molecule has 0 N–H and O–H groups in total. The lowest BCUT2D eigenvalue weighted by Crippen LogP contribution is -2.29. The Morgan fingerprint density at radius 2 is 1.55 bits per heavy atom. The number of aryl methyl sites for hydroxylation is 1. The lowest BCUT2D eigenvalue weighted by Gasteiger charge is -2.18. The SMILES string of the molecule is CCc1ccc(-c2ccc(Cl)c(C(F)(F)F)c2)cc1C1C(=O)[C@@H]2[C@H](C1=O)[C@H]1CC[C@@H]2O1. The molecule has 162 valence electrons. The first kappa shape index (κ1) is 20.7. The highest BCUT2D eigenvalue weighted by Gasteiger charge is 2.63. The van der Waals surface area contributed by atoms with Crippen molar-refractivity contribution in [1.82, 2.24) is 0 Å². The molecule has 2 saturated heterocycles. The molecule has 2 aromatic carbocycles. The molecule has 2 heterocycles. The summed E-state index contributed by atoms with van der Waals surface area (Å²) in [5.74, 6) is -1.87. The summed E-state index contributed by atoms with van der Waals surface area (Å²) >= 11 is 5.76. The average molecular weight is 449 g/mol. The number of hydrogen-bond donors (Lipinski definition) is 0. The van der Waals surface area contributed by atoms with Gasteiger partial charge in [-0.25, -0.2) is 0 Å². The molecular formula is C24H20ClF3O3. The number of rotatable bonds is 3. The summed E-state index contributed by atoms with van der Waals surface area (Å²) in [4.78, 5) is 26.5. The second kappa shape index (κ2) is 7.17. The Morgan fingerprint density at radius 1 is 0.968 bits per heavy atom. The Hall–Kier alpha value is -2.18. The van der Waals surface area contributed by atoms with E-state index in [-0.39, 0.29) is 28.8 Å². The van der Waals surface area contributed by atoms with Crippen LogP contribution < -0.4 is 0 Å². The second-order valence-electron chi connectivity index (χ2n) is 8.54. The van der Waals surface area contributed by atoms with E-state index in [1.165, 1.54) is 12.1 Å². The van der Waals surface area contributed by atoms with Gasteiger partial charge in [-0.2, -0.15) is 13.2 Å². The Bertz CT molecular complexity index is 1070. The van der Waals surface area contributed by atoms with Crippen LogP contribution in [0.25, 0.3) is 11.1 Å². The fourth-order valence-electron chi connectivity index (χ4n) is 5.52. The average Bonchev–Trinajstić information content (AvgIpc) is 3.41. The summed E-state index contributed by atoms with van der Waals surface area (Å²) in [5.41, 5.74) is 1.40. The molecule has 0 spiro atoms. The Labute approximate surface area is 182 Å². The maximum atomic E-state index is 13.3. The number of hydrogen-bond acceptors (Lipinski definition) is 3. The minimum absolute atomic E-state index is 0.110. The van der Waals surface area contributed by atoms with Gasteiger partial charge in [0.15, 0.2) is 11.6 Å². The van der Waals surface area contributed by atoms with Gasteiger partial charge in [0, 0.05) is 0 Å². The van der Waals surface area contributed by atoms with Gasteiger partial charge in [-0.3, -0.25) is 9.59 Å². The van der Waals surface area contributed by atoms with Crippen LogP contribution in [0, 0.1) is 11.8 Å². The topological polar surface area (TPSA) is 43.4 Å². The molecule has 2 bridgehead atoms. The lowest BCUT2D eigenvalue weighted by molar-refractivity contribution is -0.137. The highest BCUT2D eigenvalue weighted by Crippen LogP contribution is 2.52. The molecule has 0 amide bonds. The first-order valence-electron chi connectivity index (χ1n) is 10.4. The fraction of sp³-hybridized carbons (Fsp3) is 0.417. The monoisotopic (exact) mass is 448 g/mol. The molecule has 5 rings (SSSR count). The highest BCUT2D eigenvalue weighted by atomic mass is 35.5. The molecule has 2 aromatic rings. The molecular weight excluding hydrogens is 429 g/mol. The van der Waals surface area contributed by atoms with Gasteiger partial charge >= 0.3 is 6.18 Å². The molecule has 2 aliphatic heterocycles. The van der Waals surface area contributed by atoms with E-state index in [1.807, 2.05) is 6.92 Å². The molecule has 3 aliphatic rings. The smallest absolute Gasteiger partial charge is 0.373 e. The Morgan fingerprint density at radius 3 is 2.13 bits per heavy atom. The molecule has 3 nitrogen and oxygen atoms in total. The number of alkyl halides is 3. The summed E-state index contributed by atoms with van der Waals surface area (Å²) in [6, 6.07) is 8.97. The zero-order valence-corrected chi connectivity index (χ0v) is 17.5. The maximum absolute atomic E-state index is 13.3. The number of Topliss-reactive ketones (excluding diaryl/α,β-unsaturated/α-hetero) is 2. The third kappa shape index (κ3) is 3.14. The fourth-order valence-corrected chi connectivity index (χ4v) is 5.74. The van der Waals surface area contributed by atoms with Crippen LogP contribution in [-0.4, -0.2) is 23.8 Å². The van der Waals surface area contributed by atoms with Crippen molar-refractivity contribution in [3.8, 4) is 11.1 Å². The van der Waals surface area contributed by atoms with Crippen molar-refractivity contribution in [2.45, 2.75) is 50.5 Å². The van der Waals surface area contributed by atoms with Crippen LogP contribution in [0.5, 0.6) is 0 Å². The summed E-state index contributed by atoms with van der Waals surface area (Å²) < 4.78 is 45.8. The quantitative estimate of drug-likeness (QED) is 0.572. The van der Waals surface area contributed by atoms with E-state index in [4.69, 9.17) is 16.3 Å². The molecule has 0 radical (unpaired) electrons. The third-order valence-corrected chi connectivity index (χ3v) is 7.27. The van der Waals surface area contributed by atoms with Crippen molar-refractivity contribution in [3.05, 3.63) is 58.1 Å². The van der Waals surface area contributed by atoms with Crippen LogP contribution in [0.15, 0.2) is 36.4 Å². The van der Waals surface area contributed by atoms with E-state index in [2.05, 4.69) is 0 Å². The van der Waals surface area contributed by atoms with Gasteiger partial charge in [-0.1, -0.05) is 36.7 Å². The molecule has 1 saturated carbocycles. The molecule has 7 heteroatoms. The van der Waals surface area contributed by atoms with Gasteiger partial charge in [0.25, 0.3) is 0 Å². The van der Waals surface area contributed by atoms with Crippen LogP contribution in [0.3, 0.4) is 0 Å². The van der Waals surface area contributed by atoms with Crippen LogP contribution in [0.2, 0.25) is 5.02 Å². The van der Waals surface area contributed by atoms with Gasteiger partial charge in [0.05, 0.1) is 34.6 Å². The second-order valence-corrected chi connectivity index (χ2v) is 8.95. The normalized spacial score (nSPS) is 29.6. The molecule has 5 atom stereocenters. The van der Waals surface area contributed by atoms with Crippen molar-refractivity contribution in [3.63, 3.8) is 0 Å². The number of carbonyl (C=O) groups is 2. The standard InChI is InChI=1S/C24H20ClF3O3/c1-2-11-3-4-12(13-5-6-16(25)15(10-13)24(26,27)28)9-14(11)19-22(29)20-17-7-8-18(31-17)21(20)23(19)30/h3-6,9-10,17-21H,2,7-8H2,1H3/t17-,18+,19?,20-,21+. The summed E-state index contributed by atoms with van der Waals surface area (Å²) in [7, 11) is 0. The maximum Gasteiger partial charge on any atom is 0.417 e. The van der Waals surface area contributed by atoms with Crippen molar-refractivity contribution in [1.29, 1.82) is 0 Å². The molecule has 1 unspecified atom stereocenters. The number of halogens is 4. The van der Waals surface area contributed by atoms with E-state index in [0.29, 0.717) is 23.1 Å². The van der Waals surface area contributed by atoms with Crippen LogP contribution >= 0.6 is 11.6 Å². The van der Waals surface area contributed by atoms with Crippen LogP contribution in [0.1, 0.15) is 42.4 Å². The number of benzene rings is 2. The summed E-state index contributed by atoms with van der Waals surface area (Å²) in [5, 5.41) is -0.369. The van der Waals surface area contributed by atoms with Crippen LogP contribution in [0.4, 0.5) is 13.2 Å². The Balaban J connectivity index is 1.58. The van der Waals surface area contributed by atoms with Gasteiger partial charge in [0.1, 0.15) is 5.92 Å². The van der Waals surface area contributed by atoms with Gasteiger partial charge < -0.3 is 4.74 Å². The largest absolute Gasteiger partial charge is 0.417 e. The number of ketones is 2. The van der Waals surface area contributed by atoms with E-state index in [1.54, 1.807) is 18.2 Å². The number of carbonyl (C=O) groups excluding carboxylic acids is 2. The van der Waals surface area contributed by atoms with Crippen molar-refractivity contribution in [2.24, 2.45) is 11.8 Å². The molecule has 3 fully saturated rings.